The van der Waals surface area contributed by atoms with Crippen LogP contribution in [-0.4, -0.2) is 37.3 Å². The second-order valence-corrected chi connectivity index (χ2v) is 13.5. The van der Waals surface area contributed by atoms with Crippen molar-refractivity contribution in [1.82, 2.24) is 0 Å². The van der Waals surface area contributed by atoms with Crippen molar-refractivity contribution in [2.45, 2.75) is 103 Å². The van der Waals surface area contributed by atoms with Crippen molar-refractivity contribution in [3.8, 4) is 0 Å². The number of nitrogens with two attached hydrogens (primary N) is 1. The summed E-state index contributed by atoms with van der Waals surface area (Å²) < 4.78 is 13.4. The molecule has 0 aromatic carbocycles. The predicted octanol–water partition coefficient (Wildman–Crippen LogP) is 5.44. The maximum absolute atomic E-state index is 7.19. The van der Waals surface area contributed by atoms with E-state index in [1.54, 1.807) is 0 Å². The fourth-order valence-corrected chi connectivity index (χ4v) is 10.3. The summed E-state index contributed by atoms with van der Waals surface area (Å²) in [5.41, 5.74) is 8.55. The van der Waals surface area contributed by atoms with Crippen molar-refractivity contribution in [2.24, 2.45) is 63.0 Å². The molecule has 0 bridgehead atoms. The molecular formula is C28H46N2O2. The number of aliphatic imine (C=N–C) groups is 1. The number of rotatable bonds is 1. The minimum Gasteiger partial charge on any atom is -0.348 e. The van der Waals surface area contributed by atoms with E-state index in [0.717, 1.165) is 30.7 Å². The van der Waals surface area contributed by atoms with Crippen LogP contribution >= 0.6 is 0 Å². The Morgan fingerprint density at radius 1 is 1.03 bits per heavy atom. The van der Waals surface area contributed by atoms with Gasteiger partial charge in [0.1, 0.15) is 0 Å². The molecule has 0 aromatic heterocycles. The van der Waals surface area contributed by atoms with Crippen LogP contribution in [0.2, 0.25) is 0 Å². The minimum absolute atomic E-state index is 0.331. The second kappa shape index (κ2) is 7.28. The largest absolute Gasteiger partial charge is 0.348 e. The molecule has 0 radical (unpaired) electrons. The summed E-state index contributed by atoms with van der Waals surface area (Å²) in [6.07, 6.45) is 12.0. The molecule has 4 heteroatoms. The Hall–Kier alpha value is -0.450. The molecule has 4 saturated carbocycles. The molecule has 0 spiro atoms. The molecule has 4 aliphatic carbocycles. The molecule has 1 saturated heterocycles. The lowest BCUT2D eigenvalue weighted by molar-refractivity contribution is -0.255. The lowest BCUT2D eigenvalue weighted by Crippen LogP contribution is -2.61. The summed E-state index contributed by atoms with van der Waals surface area (Å²) >= 11 is 0. The molecule has 4 nitrogen and oxygen atoms in total. The van der Waals surface area contributed by atoms with Gasteiger partial charge in [-0.05, 0) is 97.7 Å². The van der Waals surface area contributed by atoms with Crippen molar-refractivity contribution < 1.29 is 9.47 Å². The first-order valence-corrected chi connectivity index (χ1v) is 13.7. The number of hydrogen-bond acceptors (Lipinski definition) is 4. The normalized spacial score (nSPS) is 59.2. The van der Waals surface area contributed by atoms with E-state index in [-0.39, 0.29) is 0 Å². The fraction of sp³-hybridized carbons (Fsp3) is 0.964. The van der Waals surface area contributed by atoms with Gasteiger partial charge in [-0.15, -0.1) is 0 Å². The standard InChI is InChI=1S/C28H46N2O2/c1-16-13-28(31-5)25(30-15-16)17(2)21-14-26(3)10-9-22-20(23(26)24(21)32-28)7-6-18-12-19(29)8-11-27(18,22)4/h16-24H,6-15,29H2,1-5H3. The molecule has 12 unspecified atom stereocenters. The van der Waals surface area contributed by atoms with Crippen molar-refractivity contribution in [2.75, 3.05) is 13.7 Å². The number of methoxy groups -OCH3 is 1. The molecular weight excluding hydrogens is 396 g/mol. The highest BCUT2D eigenvalue weighted by atomic mass is 16.7. The van der Waals surface area contributed by atoms with E-state index >= 15 is 0 Å². The highest BCUT2D eigenvalue weighted by molar-refractivity contribution is 5.94. The van der Waals surface area contributed by atoms with E-state index < -0.39 is 5.79 Å². The first-order chi connectivity index (χ1) is 15.2. The zero-order valence-corrected chi connectivity index (χ0v) is 21.1. The second-order valence-electron chi connectivity index (χ2n) is 13.5. The topological polar surface area (TPSA) is 56.8 Å². The molecule has 12 atom stereocenters. The Balaban J connectivity index is 1.36. The Morgan fingerprint density at radius 3 is 2.62 bits per heavy atom. The van der Waals surface area contributed by atoms with E-state index in [0.29, 0.717) is 46.6 Å². The van der Waals surface area contributed by atoms with Gasteiger partial charge in [0.15, 0.2) is 0 Å². The predicted molar refractivity (Wildman–Crippen MR) is 128 cm³/mol. The molecule has 6 rings (SSSR count). The van der Waals surface area contributed by atoms with Gasteiger partial charge in [-0.1, -0.05) is 27.7 Å². The SMILES string of the molecule is COC12CC(C)CN=C1C(C)C1CC3(C)CCC4C(CCC5CC(N)CCC54C)C3C1O2. The molecule has 0 amide bonds. The third-order valence-electron chi connectivity index (χ3n) is 11.9. The zero-order valence-electron chi connectivity index (χ0n) is 21.1. The quantitative estimate of drug-likeness (QED) is 0.588. The van der Waals surface area contributed by atoms with Gasteiger partial charge in [0.2, 0.25) is 5.79 Å². The van der Waals surface area contributed by atoms with Crippen molar-refractivity contribution >= 4 is 5.71 Å². The third-order valence-corrected chi connectivity index (χ3v) is 11.9. The van der Waals surface area contributed by atoms with Gasteiger partial charge in [0.05, 0.1) is 11.8 Å². The average molecular weight is 443 g/mol. The van der Waals surface area contributed by atoms with Crippen LogP contribution in [0.5, 0.6) is 0 Å². The molecule has 2 N–H and O–H groups in total. The minimum atomic E-state index is -0.574. The average Bonchev–Trinajstić information content (AvgIpc) is 3.06. The Morgan fingerprint density at radius 2 is 1.84 bits per heavy atom. The molecule has 32 heavy (non-hydrogen) atoms. The van der Waals surface area contributed by atoms with Gasteiger partial charge in [0.25, 0.3) is 0 Å². The third kappa shape index (κ3) is 2.87. The van der Waals surface area contributed by atoms with E-state index in [1.807, 2.05) is 7.11 Å². The Bertz CT molecular complexity index is 798. The van der Waals surface area contributed by atoms with Crippen LogP contribution in [0.3, 0.4) is 0 Å². The summed E-state index contributed by atoms with van der Waals surface area (Å²) in [5.74, 6) is 4.19. The Kier molecular flexibility index (Phi) is 5.01. The number of ether oxygens (including phenoxy) is 2. The summed E-state index contributed by atoms with van der Waals surface area (Å²) in [4.78, 5) is 5.07. The fourth-order valence-electron chi connectivity index (χ4n) is 10.3. The van der Waals surface area contributed by atoms with Gasteiger partial charge < -0.3 is 15.2 Å². The highest BCUT2D eigenvalue weighted by Gasteiger charge is 2.67. The Labute approximate surface area is 195 Å². The first-order valence-electron chi connectivity index (χ1n) is 13.7. The van der Waals surface area contributed by atoms with Gasteiger partial charge in [0, 0.05) is 32.0 Å². The summed E-state index contributed by atoms with van der Waals surface area (Å²) in [6.45, 7) is 10.9. The van der Waals surface area contributed by atoms with Crippen LogP contribution in [0.1, 0.15) is 85.5 Å². The van der Waals surface area contributed by atoms with E-state index in [1.165, 1.54) is 57.1 Å². The molecule has 180 valence electrons. The van der Waals surface area contributed by atoms with Crippen LogP contribution in [0.15, 0.2) is 4.99 Å². The van der Waals surface area contributed by atoms with Gasteiger partial charge in [-0.3, -0.25) is 4.99 Å². The van der Waals surface area contributed by atoms with E-state index in [4.69, 9.17) is 20.2 Å². The molecule has 2 heterocycles. The maximum atomic E-state index is 7.19. The molecule has 5 fully saturated rings. The van der Waals surface area contributed by atoms with Crippen LogP contribution in [-0.2, 0) is 9.47 Å². The smallest absolute Gasteiger partial charge is 0.208 e. The first kappa shape index (κ1) is 22.0. The van der Waals surface area contributed by atoms with E-state index in [9.17, 15) is 0 Å². The van der Waals surface area contributed by atoms with Crippen LogP contribution in [0.4, 0.5) is 0 Å². The molecule has 0 aromatic rings. The monoisotopic (exact) mass is 442 g/mol. The lowest BCUT2D eigenvalue weighted by Gasteiger charge is -2.61. The summed E-state index contributed by atoms with van der Waals surface area (Å²) in [7, 11) is 1.86. The van der Waals surface area contributed by atoms with Crippen molar-refractivity contribution in [1.29, 1.82) is 0 Å². The number of fused-ring (bicyclic) bond motifs is 8. The lowest BCUT2D eigenvalue weighted by atomic mass is 9.45. The van der Waals surface area contributed by atoms with Crippen LogP contribution < -0.4 is 5.73 Å². The highest BCUT2D eigenvalue weighted by Crippen LogP contribution is 2.69. The van der Waals surface area contributed by atoms with Crippen LogP contribution in [0.25, 0.3) is 0 Å². The maximum Gasteiger partial charge on any atom is 0.208 e. The van der Waals surface area contributed by atoms with Gasteiger partial charge in [-0.25, -0.2) is 0 Å². The van der Waals surface area contributed by atoms with Gasteiger partial charge >= 0.3 is 0 Å². The summed E-state index contributed by atoms with van der Waals surface area (Å²) in [5, 5.41) is 0. The van der Waals surface area contributed by atoms with Crippen molar-refractivity contribution in [3.63, 3.8) is 0 Å². The number of hydrogen-bond donors (Lipinski definition) is 1. The van der Waals surface area contributed by atoms with Crippen molar-refractivity contribution in [3.05, 3.63) is 0 Å². The zero-order chi connectivity index (χ0) is 22.5. The molecule has 6 aliphatic rings. The van der Waals surface area contributed by atoms with Gasteiger partial charge in [-0.2, -0.15) is 0 Å². The summed E-state index contributed by atoms with van der Waals surface area (Å²) in [6, 6.07) is 0.435. The van der Waals surface area contributed by atoms with Crippen LogP contribution in [0, 0.1) is 52.3 Å². The number of nitrogens with zero attached hydrogens (tertiary/aromatic N) is 1. The van der Waals surface area contributed by atoms with E-state index in [2.05, 4.69) is 27.7 Å². The molecule has 2 aliphatic heterocycles.